The fourth-order valence-electron chi connectivity index (χ4n) is 2.56. The van der Waals surface area contributed by atoms with Gasteiger partial charge in [0.05, 0.1) is 4.92 Å². The van der Waals surface area contributed by atoms with Crippen LogP contribution in [0.5, 0.6) is 0 Å². The van der Waals surface area contributed by atoms with Crippen LogP contribution in [0.1, 0.15) is 10.4 Å². The second-order valence-corrected chi connectivity index (χ2v) is 6.72. The van der Waals surface area contributed by atoms with Gasteiger partial charge in [0, 0.05) is 27.1 Å². The Morgan fingerprint density at radius 2 is 1.74 bits per heavy atom. The standard InChI is InChI=1S/C18H11Cl2N3O3S/c19-10-7-8-15(16(9-10)23(25)26)21-18(27)22-17(24)13-5-1-4-12-11(13)3-2-6-14(12)20/h1-9H,(H2,21,22,24,27). The normalized spacial score (nSPS) is 10.4. The van der Waals surface area contributed by atoms with Crippen molar-refractivity contribution >= 4 is 68.6 Å². The summed E-state index contributed by atoms with van der Waals surface area (Å²) in [4.78, 5) is 23.2. The number of rotatable bonds is 3. The topological polar surface area (TPSA) is 84.3 Å². The highest BCUT2D eigenvalue weighted by Crippen LogP contribution is 2.28. The molecule has 27 heavy (non-hydrogen) atoms. The summed E-state index contributed by atoms with van der Waals surface area (Å²) in [7, 11) is 0. The van der Waals surface area contributed by atoms with Crippen molar-refractivity contribution < 1.29 is 9.72 Å². The Kier molecular flexibility index (Phi) is 5.55. The molecule has 0 radical (unpaired) electrons. The van der Waals surface area contributed by atoms with Crippen LogP contribution in [0.25, 0.3) is 10.8 Å². The first-order valence-corrected chi connectivity index (χ1v) is 8.77. The lowest BCUT2D eigenvalue weighted by molar-refractivity contribution is -0.383. The molecule has 3 rings (SSSR count). The van der Waals surface area contributed by atoms with Gasteiger partial charge in [0.25, 0.3) is 11.6 Å². The first-order chi connectivity index (χ1) is 12.9. The molecule has 0 aliphatic heterocycles. The number of thiocarbonyl (C=S) groups is 1. The molecule has 0 unspecified atom stereocenters. The number of nitro benzene ring substituents is 1. The molecule has 0 fully saturated rings. The zero-order valence-corrected chi connectivity index (χ0v) is 15.9. The smallest absolute Gasteiger partial charge is 0.294 e. The predicted octanol–water partition coefficient (Wildman–Crippen LogP) is 5.18. The number of carbonyl (C=O) groups excluding carboxylic acids is 1. The third-order valence-corrected chi connectivity index (χ3v) is 4.51. The third-order valence-electron chi connectivity index (χ3n) is 3.75. The van der Waals surface area contributed by atoms with E-state index < -0.39 is 10.8 Å². The van der Waals surface area contributed by atoms with Crippen molar-refractivity contribution in [2.24, 2.45) is 0 Å². The number of fused-ring (bicyclic) bond motifs is 1. The molecule has 6 nitrogen and oxygen atoms in total. The maximum Gasteiger partial charge on any atom is 0.294 e. The van der Waals surface area contributed by atoms with Crippen molar-refractivity contribution in [1.82, 2.24) is 5.32 Å². The molecule has 9 heteroatoms. The molecule has 0 heterocycles. The molecular formula is C18H11Cl2N3O3S. The summed E-state index contributed by atoms with van der Waals surface area (Å²) in [6.07, 6.45) is 0. The summed E-state index contributed by atoms with van der Waals surface area (Å²) in [5.41, 5.74) is 0.247. The Bertz CT molecular complexity index is 1090. The second-order valence-electron chi connectivity index (χ2n) is 5.47. The van der Waals surface area contributed by atoms with Gasteiger partial charge in [-0.15, -0.1) is 0 Å². The lowest BCUT2D eigenvalue weighted by Crippen LogP contribution is -2.34. The van der Waals surface area contributed by atoms with E-state index in [1.807, 2.05) is 6.07 Å². The lowest BCUT2D eigenvalue weighted by Gasteiger charge is -2.11. The van der Waals surface area contributed by atoms with Gasteiger partial charge in [0.15, 0.2) is 5.11 Å². The molecule has 0 aliphatic carbocycles. The maximum atomic E-state index is 12.6. The summed E-state index contributed by atoms with van der Waals surface area (Å²) in [5, 5.41) is 18.4. The number of hydrogen-bond acceptors (Lipinski definition) is 4. The maximum absolute atomic E-state index is 12.6. The Morgan fingerprint density at radius 3 is 2.48 bits per heavy atom. The van der Waals surface area contributed by atoms with Gasteiger partial charge >= 0.3 is 0 Å². The van der Waals surface area contributed by atoms with Crippen molar-refractivity contribution in [2.75, 3.05) is 5.32 Å². The van der Waals surface area contributed by atoms with Gasteiger partial charge in [-0.2, -0.15) is 0 Å². The van der Waals surface area contributed by atoms with E-state index in [0.29, 0.717) is 16.0 Å². The molecule has 0 spiro atoms. The number of nitrogens with zero attached hydrogens (tertiary/aromatic N) is 1. The monoisotopic (exact) mass is 419 g/mol. The highest BCUT2D eigenvalue weighted by molar-refractivity contribution is 7.80. The summed E-state index contributed by atoms with van der Waals surface area (Å²) < 4.78 is 0. The molecule has 3 aromatic rings. The average Bonchev–Trinajstić information content (AvgIpc) is 2.63. The molecule has 0 saturated carbocycles. The first kappa shape index (κ1) is 19.0. The number of benzene rings is 3. The molecular weight excluding hydrogens is 409 g/mol. The Labute approximate surface area is 169 Å². The Balaban J connectivity index is 1.83. The van der Waals surface area contributed by atoms with E-state index in [4.69, 9.17) is 35.4 Å². The van der Waals surface area contributed by atoms with E-state index in [1.54, 1.807) is 30.3 Å². The first-order valence-electron chi connectivity index (χ1n) is 7.60. The fourth-order valence-corrected chi connectivity index (χ4v) is 3.16. The minimum absolute atomic E-state index is 0.0792. The molecule has 0 atom stereocenters. The van der Waals surface area contributed by atoms with Gasteiger partial charge in [-0.25, -0.2) is 0 Å². The van der Waals surface area contributed by atoms with Crippen LogP contribution in [0.4, 0.5) is 11.4 Å². The van der Waals surface area contributed by atoms with Gasteiger partial charge in [-0.1, -0.05) is 47.5 Å². The SMILES string of the molecule is O=C(NC(=S)Nc1ccc(Cl)cc1[N+](=O)[O-])c1cccc2c(Cl)cccc12. The Morgan fingerprint density at radius 1 is 1.04 bits per heavy atom. The van der Waals surface area contributed by atoms with E-state index in [2.05, 4.69) is 10.6 Å². The van der Waals surface area contributed by atoms with Crippen LogP contribution < -0.4 is 10.6 Å². The summed E-state index contributed by atoms with van der Waals surface area (Å²) in [6.45, 7) is 0. The van der Waals surface area contributed by atoms with E-state index in [1.165, 1.54) is 18.2 Å². The molecule has 136 valence electrons. The number of nitrogens with one attached hydrogen (secondary N) is 2. The van der Waals surface area contributed by atoms with Gasteiger partial charge < -0.3 is 5.32 Å². The van der Waals surface area contributed by atoms with Gasteiger partial charge in [-0.3, -0.25) is 20.2 Å². The van der Waals surface area contributed by atoms with Crippen LogP contribution >= 0.6 is 35.4 Å². The van der Waals surface area contributed by atoms with Crippen LogP contribution in [-0.2, 0) is 0 Å². The van der Waals surface area contributed by atoms with E-state index in [-0.39, 0.29) is 21.5 Å². The zero-order valence-electron chi connectivity index (χ0n) is 13.5. The molecule has 1 amide bonds. The van der Waals surface area contributed by atoms with Crippen LogP contribution in [0.3, 0.4) is 0 Å². The molecule has 0 aromatic heterocycles. The highest BCUT2D eigenvalue weighted by atomic mass is 35.5. The number of halogens is 2. The van der Waals surface area contributed by atoms with Gasteiger partial charge in [-0.05, 0) is 41.9 Å². The molecule has 0 aliphatic rings. The lowest BCUT2D eigenvalue weighted by atomic mass is 10.0. The average molecular weight is 420 g/mol. The quantitative estimate of drug-likeness (QED) is 0.347. The summed E-state index contributed by atoms with van der Waals surface area (Å²) >= 11 is 17.1. The fraction of sp³-hybridized carbons (Fsp3) is 0. The minimum atomic E-state index is -0.592. The minimum Gasteiger partial charge on any atom is -0.327 e. The predicted molar refractivity (Wildman–Crippen MR) is 111 cm³/mol. The summed E-state index contributed by atoms with van der Waals surface area (Å²) in [6, 6.07) is 14.5. The Hall–Kier alpha value is -2.74. The number of nitro groups is 1. The van der Waals surface area contributed by atoms with E-state index in [0.717, 1.165) is 5.39 Å². The molecule has 3 aromatic carbocycles. The highest BCUT2D eigenvalue weighted by Gasteiger charge is 2.17. The number of hydrogen-bond donors (Lipinski definition) is 2. The number of carbonyl (C=O) groups is 1. The van der Waals surface area contributed by atoms with E-state index in [9.17, 15) is 14.9 Å². The zero-order chi connectivity index (χ0) is 19.6. The van der Waals surface area contributed by atoms with Crippen molar-refractivity contribution in [3.05, 3.63) is 80.3 Å². The molecule has 2 N–H and O–H groups in total. The van der Waals surface area contributed by atoms with Crippen LogP contribution in [0.2, 0.25) is 10.0 Å². The van der Waals surface area contributed by atoms with Crippen molar-refractivity contribution in [3.63, 3.8) is 0 Å². The van der Waals surface area contributed by atoms with E-state index >= 15 is 0 Å². The van der Waals surface area contributed by atoms with Gasteiger partial charge in [0.1, 0.15) is 5.69 Å². The summed E-state index contributed by atoms with van der Waals surface area (Å²) in [5.74, 6) is -0.461. The third kappa shape index (κ3) is 4.16. The van der Waals surface area contributed by atoms with Gasteiger partial charge in [0.2, 0.25) is 0 Å². The van der Waals surface area contributed by atoms with Crippen LogP contribution in [-0.4, -0.2) is 15.9 Å². The second kappa shape index (κ2) is 7.87. The van der Waals surface area contributed by atoms with Crippen molar-refractivity contribution in [3.8, 4) is 0 Å². The number of amides is 1. The van der Waals surface area contributed by atoms with Crippen LogP contribution in [0, 0.1) is 10.1 Å². The van der Waals surface area contributed by atoms with Crippen LogP contribution in [0.15, 0.2) is 54.6 Å². The van der Waals surface area contributed by atoms with Crippen molar-refractivity contribution in [2.45, 2.75) is 0 Å². The number of anilines is 1. The molecule has 0 saturated heterocycles. The van der Waals surface area contributed by atoms with Crippen molar-refractivity contribution in [1.29, 1.82) is 0 Å². The molecule has 0 bridgehead atoms. The largest absolute Gasteiger partial charge is 0.327 e.